The van der Waals surface area contributed by atoms with Crippen molar-refractivity contribution in [3.63, 3.8) is 0 Å². The number of alkyl halides is 1. The van der Waals surface area contributed by atoms with Gasteiger partial charge in [-0.05, 0) is 47.6 Å². The van der Waals surface area contributed by atoms with Gasteiger partial charge in [0.15, 0.2) is 0 Å². The van der Waals surface area contributed by atoms with Crippen molar-refractivity contribution in [2.45, 2.75) is 45.4 Å². The zero-order valence-corrected chi connectivity index (χ0v) is 25.8. The molecule has 2 aliphatic heterocycles. The molecule has 0 N–H and O–H groups in total. The molecule has 228 valence electrons. The van der Waals surface area contributed by atoms with Crippen molar-refractivity contribution >= 4 is 68.3 Å². The lowest BCUT2D eigenvalue weighted by Crippen LogP contribution is -2.72. The highest BCUT2D eigenvalue weighted by Gasteiger charge is 2.76. The van der Waals surface area contributed by atoms with Gasteiger partial charge in [-0.1, -0.05) is 48.5 Å². The summed E-state index contributed by atoms with van der Waals surface area (Å²) in [5.74, 6) is 0.341. The molecule has 1 atom stereocenters. The normalized spacial score (nSPS) is 24.1. The van der Waals surface area contributed by atoms with Crippen LogP contribution in [0.25, 0.3) is 21.5 Å². The van der Waals surface area contributed by atoms with Crippen LogP contribution in [0.1, 0.15) is 50.2 Å². The maximum absolute atomic E-state index is 14.3. The summed E-state index contributed by atoms with van der Waals surface area (Å²) >= 11 is 6.45. The molecular formula is C36H31ClN2O6. The number of fused-ring (bicyclic) bond motifs is 6. The van der Waals surface area contributed by atoms with Crippen LogP contribution in [0.5, 0.6) is 11.5 Å². The average molecular weight is 623 g/mol. The van der Waals surface area contributed by atoms with Crippen LogP contribution in [0.15, 0.2) is 60.7 Å². The minimum absolute atomic E-state index is 0.0000540. The Kier molecular flexibility index (Phi) is 6.10. The average Bonchev–Trinajstić information content (AvgIpc) is 3.57. The number of hydrogen-bond donors (Lipinski definition) is 0. The third kappa shape index (κ3) is 3.97. The fourth-order valence-corrected chi connectivity index (χ4v) is 8.72. The molecule has 0 saturated heterocycles. The van der Waals surface area contributed by atoms with Crippen LogP contribution < -0.4 is 19.3 Å². The smallest absolute Gasteiger partial charge is 0.308 e. The van der Waals surface area contributed by atoms with Gasteiger partial charge in [0, 0.05) is 61.6 Å². The summed E-state index contributed by atoms with van der Waals surface area (Å²) in [5.41, 5.74) is 2.39. The third-order valence-corrected chi connectivity index (χ3v) is 10.6. The van der Waals surface area contributed by atoms with Crippen molar-refractivity contribution in [3.8, 4) is 11.5 Å². The van der Waals surface area contributed by atoms with Crippen LogP contribution in [-0.4, -0.2) is 42.7 Å². The predicted octanol–water partition coefficient (Wildman–Crippen LogP) is 6.27. The standard InChI is InChI=1S/C36H31ClN2O6/c1-20(40)44-30-13-28-24(23-7-3-4-8-25(23)30)11-12-38(28)33(42)35-17-36(18-35,19-35)34(43)39-16-22(15-37)32-27-10-6-5-9-26(27)31(14-29(32)39)45-21(2)41/h3-10,13-14,22H,11-12,15-19H2,1-2H3. The molecule has 8 nitrogen and oxygen atoms in total. The Morgan fingerprint density at radius 3 is 1.84 bits per heavy atom. The van der Waals surface area contributed by atoms with Gasteiger partial charge in [0.05, 0.1) is 22.2 Å². The van der Waals surface area contributed by atoms with Gasteiger partial charge in [-0.25, -0.2) is 0 Å². The first-order chi connectivity index (χ1) is 21.6. The van der Waals surface area contributed by atoms with E-state index in [-0.39, 0.29) is 17.7 Å². The molecule has 2 heterocycles. The minimum atomic E-state index is -0.601. The van der Waals surface area contributed by atoms with Crippen LogP contribution in [0.2, 0.25) is 0 Å². The van der Waals surface area contributed by atoms with Crippen LogP contribution in [-0.2, 0) is 25.6 Å². The van der Waals surface area contributed by atoms with E-state index in [0.717, 1.165) is 44.0 Å². The molecule has 2 amide bonds. The van der Waals surface area contributed by atoms with E-state index in [1.54, 1.807) is 11.0 Å². The first-order valence-corrected chi connectivity index (χ1v) is 15.9. The fraction of sp³-hybridized carbons (Fsp3) is 0.333. The summed E-state index contributed by atoms with van der Waals surface area (Å²) in [7, 11) is 0. The monoisotopic (exact) mass is 622 g/mol. The van der Waals surface area contributed by atoms with Gasteiger partial charge in [-0.2, -0.15) is 0 Å². The number of hydrogen-bond acceptors (Lipinski definition) is 6. The van der Waals surface area contributed by atoms with E-state index in [2.05, 4.69) is 0 Å². The predicted molar refractivity (Wildman–Crippen MR) is 171 cm³/mol. The van der Waals surface area contributed by atoms with E-state index in [9.17, 15) is 19.2 Å². The number of ether oxygens (including phenoxy) is 2. The van der Waals surface area contributed by atoms with E-state index in [1.165, 1.54) is 13.8 Å². The molecule has 0 aromatic heterocycles. The molecule has 3 saturated carbocycles. The zero-order valence-electron chi connectivity index (χ0n) is 25.0. The molecule has 0 radical (unpaired) electrons. The van der Waals surface area contributed by atoms with Crippen molar-refractivity contribution in [2.24, 2.45) is 10.8 Å². The largest absolute Gasteiger partial charge is 0.426 e. The first kappa shape index (κ1) is 28.1. The summed E-state index contributed by atoms with van der Waals surface area (Å²) in [5, 5.41) is 3.56. The highest BCUT2D eigenvalue weighted by atomic mass is 35.5. The number of amides is 2. The topological polar surface area (TPSA) is 93.2 Å². The Bertz CT molecular complexity index is 1980. The molecule has 5 aliphatic rings. The summed E-state index contributed by atoms with van der Waals surface area (Å²) < 4.78 is 11.1. The molecule has 4 aromatic carbocycles. The second-order valence-electron chi connectivity index (χ2n) is 13.0. The van der Waals surface area contributed by atoms with E-state index < -0.39 is 22.8 Å². The molecule has 45 heavy (non-hydrogen) atoms. The zero-order chi connectivity index (χ0) is 31.2. The quantitative estimate of drug-likeness (QED) is 0.148. The summed E-state index contributed by atoms with van der Waals surface area (Å²) in [4.78, 5) is 55.8. The fourth-order valence-electron chi connectivity index (χ4n) is 8.47. The van der Waals surface area contributed by atoms with Gasteiger partial charge < -0.3 is 19.3 Å². The Morgan fingerprint density at radius 1 is 0.756 bits per heavy atom. The van der Waals surface area contributed by atoms with Crippen molar-refractivity contribution in [3.05, 3.63) is 71.8 Å². The number of carbonyl (C=O) groups excluding carboxylic acids is 4. The van der Waals surface area contributed by atoms with Crippen LogP contribution in [0.3, 0.4) is 0 Å². The van der Waals surface area contributed by atoms with Crippen LogP contribution >= 0.6 is 11.6 Å². The molecule has 9 heteroatoms. The van der Waals surface area contributed by atoms with E-state index in [4.69, 9.17) is 21.1 Å². The lowest BCUT2D eigenvalue weighted by atomic mass is 9.34. The number of benzene rings is 4. The third-order valence-electron chi connectivity index (χ3n) is 10.2. The van der Waals surface area contributed by atoms with Gasteiger partial charge in [0.25, 0.3) is 0 Å². The lowest BCUT2D eigenvalue weighted by molar-refractivity contribution is -0.204. The maximum Gasteiger partial charge on any atom is 0.308 e. The molecule has 9 rings (SSSR count). The van der Waals surface area contributed by atoms with Crippen molar-refractivity contribution in [2.75, 3.05) is 28.8 Å². The Hall–Kier alpha value is -4.43. The van der Waals surface area contributed by atoms with Crippen molar-refractivity contribution in [1.29, 1.82) is 0 Å². The highest BCUT2D eigenvalue weighted by molar-refractivity contribution is 6.19. The molecule has 4 aromatic rings. The van der Waals surface area contributed by atoms with Gasteiger partial charge in [-0.15, -0.1) is 11.6 Å². The second kappa shape index (κ2) is 9.78. The summed E-state index contributed by atoms with van der Waals surface area (Å²) in [6, 6.07) is 19.1. The minimum Gasteiger partial charge on any atom is -0.426 e. The molecule has 3 aliphatic carbocycles. The Balaban J connectivity index is 1.08. The van der Waals surface area contributed by atoms with E-state index >= 15 is 0 Å². The summed E-state index contributed by atoms with van der Waals surface area (Å²) in [6.45, 7) is 3.73. The molecular weight excluding hydrogens is 592 g/mol. The lowest BCUT2D eigenvalue weighted by Gasteiger charge is -2.69. The summed E-state index contributed by atoms with van der Waals surface area (Å²) in [6.07, 6.45) is 2.20. The number of esters is 2. The number of nitrogens with zero attached hydrogens (tertiary/aromatic N) is 2. The number of anilines is 2. The van der Waals surface area contributed by atoms with Crippen molar-refractivity contribution in [1.82, 2.24) is 0 Å². The number of rotatable bonds is 5. The van der Waals surface area contributed by atoms with Crippen LogP contribution in [0.4, 0.5) is 11.4 Å². The number of carbonyl (C=O) groups is 4. The number of halogens is 1. The van der Waals surface area contributed by atoms with E-state index in [1.807, 2.05) is 59.5 Å². The van der Waals surface area contributed by atoms with Crippen molar-refractivity contribution < 1.29 is 28.7 Å². The van der Waals surface area contributed by atoms with E-state index in [0.29, 0.717) is 56.2 Å². The maximum atomic E-state index is 14.3. The second-order valence-corrected chi connectivity index (χ2v) is 13.3. The molecule has 0 spiro atoms. The van der Waals surface area contributed by atoms with Crippen LogP contribution in [0, 0.1) is 10.8 Å². The molecule has 3 fully saturated rings. The van der Waals surface area contributed by atoms with Gasteiger partial charge in [0.1, 0.15) is 11.5 Å². The SMILES string of the molecule is CC(=O)Oc1cc2c(c3ccccc13)CCN2C(=O)C12CC(C(=O)N3CC(CCl)c4c3cc(OC(C)=O)c3ccccc43)(C1)C2. The highest BCUT2D eigenvalue weighted by Crippen LogP contribution is 2.75. The molecule has 1 unspecified atom stereocenters. The van der Waals surface area contributed by atoms with Gasteiger partial charge in [-0.3, -0.25) is 19.2 Å². The Labute approximate surface area is 264 Å². The first-order valence-electron chi connectivity index (χ1n) is 15.3. The Morgan fingerprint density at radius 2 is 1.27 bits per heavy atom. The van der Waals surface area contributed by atoms with Gasteiger partial charge in [0.2, 0.25) is 11.8 Å². The van der Waals surface area contributed by atoms with Gasteiger partial charge >= 0.3 is 11.9 Å². The molecule has 2 bridgehead atoms.